The summed E-state index contributed by atoms with van der Waals surface area (Å²) in [5.41, 5.74) is 6.01. The SMILES string of the molecule is C=CC1=C(CNCCCNC(=O)C(=C)C)c2ccccc2CC1. The molecular weight excluding hydrogens is 284 g/mol. The number of hydrogen-bond donors (Lipinski definition) is 2. The zero-order valence-corrected chi connectivity index (χ0v) is 14.0. The van der Waals surface area contributed by atoms with Gasteiger partial charge in [0.1, 0.15) is 0 Å². The van der Waals surface area contributed by atoms with E-state index in [-0.39, 0.29) is 5.91 Å². The molecule has 0 radical (unpaired) electrons. The van der Waals surface area contributed by atoms with E-state index in [0.717, 1.165) is 32.4 Å². The Labute approximate surface area is 139 Å². The third-order valence-electron chi connectivity index (χ3n) is 4.15. The summed E-state index contributed by atoms with van der Waals surface area (Å²) in [5, 5.41) is 6.33. The van der Waals surface area contributed by atoms with E-state index < -0.39 is 0 Å². The molecule has 0 saturated carbocycles. The minimum Gasteiger partial charge on any atom is -0.352 e. The fourth-order valence-corrected chi connectivity index (χ4v) is 2.84. The van der Waals surface area contributed by atoms with Gasteiger partial charge < -0.3 is 10.6 Å². The summed E-state index contributed by atoms with van der Waals surface area (Å²) in [7, 11) is 0. The quantitative estimate of drug-likeness (QED) is 0.572. The van der Waals surface area contributed by atoms with Crippen molar-refractivity contribution in [3.63, 3.8) is 0 Å². The molecular formula is C20H26N2O. The average Bonchev–Trinajstić information content (AvgIpc) is 2.57. The Balaban J connectivity index is 1.84. The van der Waals surface area contributed by atoms with E-state index in [1.165, 1.54) is 22.3 Å². The number of aryl methyl sites for hydroxylation is 1. The van der Waals surface area contributed by atoms with Crippen LogP contribution in [-0.2, 0) is 11.2 Å². The van der Waals surface area contributed by atoms with Crippen LogP contribution in [0.3, 0.4) is 0 Å². The zero-order chi connectivity index (χ0) is 16.7. The van der Waals surface area contributed by atoms with Crippen LogP contribution in [0, 0.1) is 0 Å². The van der Waals surface area contributed by atoms with E-state index in [1.54, 1.807) is 6.92 Å². The van der Waals surface area contributed by atoms with Crippen LogP contribution in [0.2, 0.25) is 0 Å². The number of carbonyl (C=O) groups excluding carboxylic acids is 1. The molecule has 3 heteroatoms. The molecule has 0 bridgehead atoms. The van der Waals surface area contributed by atoms with Gasteiger partial charge in [-0.15, -0.1) is 0 Å². The molecule has 1 aliphatic rings. The van der Waals surface area contributed by atoms with E-state index in [2.05, 4.69) is 48.1 Å². The average molecular weight is 310 g/mol. The topological polar surface area (TPSA) is 41.1 Å². The number of hydrogen-bond acceptors (Lipinski definition) is 2. The summed E-state index contributed by atoms with van der Waals surface area (Å²) in [5.74, 6) is -0.0668. The Hall–Kier alpha value is -2.13. The van der Waals surface area contributed by atoms with Crippen LogP contribution >= 0.6 is 0 Å². The molecule has 0 atom stereocenters. The lowest BCUT2D eigenvalue weighted by Gasteiger charge is -2.22. The van der Waals surface area contributed by atoms with Crippen molar-refractivity contribution < 1.29 is 4.79 Å². The minimum atomic E-state index is -0.0668. The van der Waals surface area contributed by atoms with Crippen molar-refractivity contribution in [3.8, 4) is 0 Å². The van der Waals surface area contributed by atoms with Crippen molar-refractivity contribution in [2.24, 2.45) is 0 Å². The molecule has 1 aliphatic carbocycles. The van der Waals surface area contributed by atoms with Gasteiger partial charge in [-0.25, -0.2) is 0 Å². The lowest BCUT2D eigenvalue weighted by atomic mass is 9.85. The van der Waals surface area contributed by atoms with Crippen molar-refractivity contribution in [2.45, 2.75) is 26.2 Å². The zero-order valence-electron chi connectivity index (χ0n) is 14.0. The largest absolute Gasteiger partial charge is 0.352 e. The molecule has 23 heavy (non-hydrogen) atoms. The fraction of sp³-hybridized carbons (Fsp3) is 0.350. The maximum atomic E-state index is 11.4. The molecule has 1 aromatic rings. The van der Waals surface area contributed by atoms with Crippen LogP contribution in [0.4, 0.5) is 0 Å². The van der Waals surface area contributed by atoms with Gasteiger partial charge in [-0.05, 0) is 55.0 Å². The second kappa shape index (κ2) is 8.49. The van der Waals surface area contributed by atoms with Gasteiger partial charge in [0.2, 0.25) is 5.91 Å². The van der Waals surface area contributed by atoms with Gasteiger partial charge in [0.25, 0.3) is 0 Å². The monoisotopic (exact) mass is 310 g/mol. The number of benzene rings is 1. The van der Waals surface area contributed by atoms with Gasteiger partial charge in [0.15, 0.2) is 0 Å². The first-order valence-electron chi connectivity index (χ1n) is 8.20. The van der Waals surface area contributed by atoms with Crippen LogP contribution in [0.5, 0.6) is 0 Å². The van der Waals surface area contributed by atoms with Crippen LogP contribution in [0.15, 0.2) is 54.6 Å². The van der Waals surface area contributed by atoms with Gasteiger partial charge in [-0.2, -0.15) is 0 Å². The number of fused-ring (bicyclic) bond motifs is 1. The van der Waals surface area contributed by atoms with Gasteiger partial charge in [-0.3, -0.25) is 4.79 Å². The normalized spacial score (nSPS) is 13.4. The second-order valence-corrected chi connectivity index (χ2v) is 5.93. The van der Waals surface area contributed by atoms with Gasteiger partial charge in [-0.1, -0.05) is 43.5 Å². The highest BCUT2D eigenvalue weighted by Crippen LogP contribution is 2.31. The lowest BCUT2D eigenvalue weighted by molar-refractivity contribution is -0.117. The molecule has 0 unspecified atom stereocenters. The summed E-state index contributed by atoms with van der Waals surface area (Å²) in [4.78, 5) is 11.4. The predicted octanol–water partition coefficient (Wildman–Crippen LogP) is 3.24. The van der Waals surface area contributed by atoms with Gasteiger partial charge in [0, 0.05) is 18.7 Å². The van der Waals surface area contributed by atoms with Crippen molar-refractivity contribution in [1.29, 1.82) is 0 Å². The van der Waals surface area contributed by atoms with Crippen molar-refractivity contribution in [2.75, 3.05) is 19.6 Å². The number of amides is 1. The van der Waals surface area contributed by atoms with Crippen molar-refractivity contribution in [3.05, 3.63) is 65.8 Å². The summed E-state index contributed by atoms with van der Waals surface area (Å²) in [6.07, 6.45) is 5.04. The number of rotatable bonds is 8. The lowest BCUT2D eigenvalue weighted by Crippen LogP contribution is -2.28. The van der Waals surface area contributed by atoms with E-state index in [9.17, 15) is 4.79 Å². The maximum Gasteiger partial charge on any atom is 0.246 e. The third-order valence-corrected chi connectivity index (χ3v) is 4.15. The predicted molar refractivity (Wildman–Crippen MR) is 97.2 cm³/mol. The standard InChI is InChI=1S/C20H26N2O/c1-4-16-10-11-17-8-5-6-9-18(17)19(16)14-21-12-7-13-22-20(23)15(2)3/h4-6,8-9,21H,1-2,7,10-14H2,3H3,(H,22,23). The molecule has 1 aromatic carbocycles. The Bertz CT molecular complexity index is 628. The number of nitrogens with one attached hydrogen (secondary N) is 2. The fourth-order valence-electron chi connectivity index (χ4n) is 2.84. The highest BCUT2D eigenvalue weighted by Gasteiger charge is 2.16. The van der Waals surface area contributed by atoms with Crippen molar-refractivity contribution in [1.82, 2.24) is 10.6 Å². The minimum absolute atomic E-state index is 0.0668. The first kappa shape index (κ1) is 17.2. The molecule has 0 heterocycles. The molecule has 0 aromatic heterocycles. The van der Waals surface area contributed by atoms with E-state index in [1.807, 2.05) is 6.08 Å². The molecule has 0 spiro atoms. The van der Waals surface area contributed by atoms with E-state index >= 15 is 0 Å². The van der Waals surface area contributed by atoms with Crippen LogP contribution in [0.25, 0.3) is 5.57 Å². The van der Waals surface area contributed by atoms with E-state index in [0.29, 0.717) is 12.1 Å². The van der Waals surface area contributed by atoms with Crippen LogP contribution in [0.1, 0.15) is 30.9 Å². The number of allylic oxidation sites excluding steroid dienone is 2. The first-order chi connectivity index (χ1) is 11.1. The Morgan fingerprint density at radius 2 is 2.04 bits per heavy atom. The Kier molecular flexibility index (Phi) is 6.36. The first-order valence-corrected chi connectivity index (χ1v) is 8.20. The highest BCUT2D eigenvalue weighted by atomic mass is 16.1. The summed E-state index contributed by atoms with van der Waals surface area (Å²) in [6, 6.07) is 8.61. The highest BCUT2D eigenvalue weighted by molar-refractivity contribution is 5.92. The molecule has 0 aliphatic heterocycles. The smallest absolute Gasteiger partial charge is 0.246 e. The molecule has 2 N–H and O–H groups in total. The van der Waals surface area contributed by atoms with Crippen LogP contribution in [-0.4, -0.2) is 25.5 Å². The molecule has 0 fully saturated rings. The molecule has 2 rings (SSSR count). The third kappa shape index (κ3) is 4.67. The Morgan fingerprint density at radius 1 is 1.26 bits per heavy atom. The second-order valence-electron chi connectivity index (χ2n) is 5.93. The Morgan fingerprint density at radius 3 is 2.78 bits per heavy atom. The maximum absolute atomic E-state index is 11.4. The number of carbonyl (C=O) groups is 1. The molecule has 122 valence electrons. The summed E-state index contributed by atoms with van der Waals surface area (Å²) < 4.78 is 0. The summed E-state index contributed by atoms with van der Waals surface area (Å²) >= 11 is 0. The molecule has 1 amide bonds. The van der Waals surface area contributed by atoms with Crippen LogP contribution < -0.4 is 10.6 Å². The van der Waals surface area contributed by atoms with Gasteiger partial charge in [0.05, 0.1) is 0 Å². The molecule has 0 saturated heterocycles. The summed E-state index contributed by atoms with van der Waals surface area (Å²) in [6.45, 7) is 11.7. The van der Waals surface area contributed by atoms with E-state index in [4.69, 9.17) is 0 Å². The molecule has 3 nitrogen and oxygen atoms in total. The van der Waals surface area contributed by atoms with Gasteiger partial charge >= 0.3 is 0 Å². The van der Waals surface area contributed by atoms with Crippen molar-refractivity contribution >= 4 is 11.5 Å².